The van der Waals surface area contributed by atoms with Crippen LogP contribution in [0.15, 0.2) is 27.2 Å². The maximum atomic E-state index is 5.91. The molecule has 6 nitrogen and oxygen atoms in total. The summed E-state index contributed by atoms with van der Waals surface area (Å²) in [6, 6.07) is 5.82. The van der Waals surface area contributed by atoms with Gasteiger partial charge < -0.3 is 14.8 Å². The van der Waals surface area contributed by atoms with Crippen LogP contribution in [0.4, 0.5) is 5.95 Å². The highest BCUT2D eigenvalue weighted by Crippen LogP contribution is 2.22. The van der Waals surface area contributed by atoms with E-state index in [0.717, 1.165) is 15.5 Å². The minimum Gasteiger partial charge on any atom is -0.369 e. The smallest absolute Gasteiger partial charge is 0.223 e. The first-order valence-corrected chi connectivity index (χ1v) is 6.13. The van der Waals surface area contributed by atoms with Gasteiger partial charge in [-0.25, -0.2) is 4.98 Å². The number of nitrogen functional groups attached to an aromatic ring is 1. The van der Waals surface area contributed by atoms with Gasteiger partial charge in [0.05, 0.1) is 17.6 Å². The average molecular weight is 308 g/mol. The van der Waals surface area contributed by atoms with E-state index in [0.29, 0.717) is 24.2 Å². The van der Waals surface area contributed by atoms with E-state index in [4.69, 9.17) is 10.3 Å². The van der Waals surface area contributed by atoms with Gasteiger partial charge in [-0.05, 0) is 18.2 Å². The third kappa shape index (κ3) is 1.86. The van der Waals surface area contributed by atoms with Crippen molar-refractivity contribution in [2.24, 2.45) is 0 Å². The first kappa shape index (κ1) is 11.2. The molecule has 0 aliphatic heterocycles. The molecule has 0 amide bonds. The highest BCUT2D eigenvalue weighted by atomic mass is 79.9. The summed E-state index contributed by atoms with van der Waals surface area (Å²) >= 11 is 3.41. The van der Waals surface area contributed by atoms with Gasteiger partial charge in [0.2, 0.25) is 11.8 Å². The molecule has 0 saturated carbocycles. The predicted molar refractivity (Wildman–Crippen MR) is 70.0 cm³/mol. The summed E-state index contributed by atoms with van der Waals surface area (Å²) in [4.78, 5) is 8.46. The Labute approximate surface area is 111 Å². The van der Waals surface area contributed by atoms with Crippen LogP contribution < -0.4 is 5.73 Å². The molecule has 0 aliphatic carbocycles. The molecule has 0 radical (unpaired) electrons. The molecule has 0 aliphatic rings. The maximum Gasteiger partial charge on any atom is 0.223 e. The van der Waals surface area contributed by atoms with Gasteiger partial charge in [-0.1, -0.05) is 21.1 Å². The minimum atomic E-state index is 0.436. The fourth-order valence-corrected chi connectivity index (χ4v) is 2.18. The van der Waals surface area contributed by atoms with Gasteiger partial charge >= 0.3 is 0 Å². The Bertz CT molecular complexity index is 717. The van der Waals surface area contributed by atoms with Gasteiger partial charge in [-0.15, -0.1) is 0 Å². The van der Waals surface area contributed by atoms with Crippen LogP contribution in [0.25, 0.3) is 11.0 Å². The van der Waals surface area contributed by atoms with Gasteiger partial charge in [0, 0.05) is 11.4 Å². The summed E-state index contributed by atoms with van der Waals surface area (Å²) in [6.45, 7) is 2.20. The van der Waals surface area contributed by atoms with Crippen LogP contribution in [0.2, 0.25) is 0 Å². The molecule has 0 fully saturated rings. The van der Waals surface area contributed by atoms with Crippen molar-refractivity contribution in [3.8, 4) is 0 Å². The van der Waals surface area contributed by atoms with Crippen LogP contribution in [0.3, 0.4) is 0 Å². The lowest BCUT2D eigenvalue weighted by Gasteiger charge is -2.02. The van der Waals surface area contributed by atoms with E-state index in [-0.39, 0.29) is 0 Å². The van der Waals surface area contributed by atoms with Gasteiger partial charge in [-0.2, -0.15) is 4.98 Å². The second kappa shape index (κ2) is 4.09. The number of nitrogens with zero attached hydrogens (tertiary/aromatic N) is 4. The van der Waals surface area contributed by atoms with Crippen molar-refractivity contribution in [2.45, 2.75) is 13.5 Å². The third-order valence-electron chi connectivity index (χ3n) is 2.61. The summed E-state index contributed by atoms with van der Waals surface area (Å²) in [6.07, 6.45) is 0. The highest BCUT2D eigenvalue weighted by Gasteiger charge is 2.11. The van der Waals surface area contributed by atoms with Gasteiger partial charge in [0.15, 0.2) is 5.82 Å². The number of aromatic nitrogens is 4. The summed E-state index contributed by atoms with van der Waals surface area (Å²) in [5.41, 5.74) is 7.69. The molecule has 92 valence electrons. The molecule has 0 bridgehead atoms. The minimum absolute atomic E-state index is 0.436. The quantitative estimate of drug-likeness (QED) is 0.784. The lowest BCUT2D eigenvalue weighted by Crippen LogP contribution is -2.05. The van der Waals surface area contributed by atoms with Crippen LogP contribution in [-0.4, -0.2) is 19.7 Å². The van der Waals surface area contributed by atoms with Crippen LogP contribution in [0.5, 0.6) is 0 Å². The summed E-state index contributed by atoms with van der Waals surface area (Å²) in [5.74, 6) is 1.56. The maximum absolute atomic E-state index is 5.91. The van der Waals surface area contributed by atoms with E-state index in [9.17, 15) is 0 Å². The summed E-state index contributed by atoms with van der Waals surface area (Å²) in [5, 5.41) is 3.86. The zero-order chi connectivity index (χ0) is 12.7. The zero-order valence-corrected chi connectivity index (χ0v) is 11.2. The Kier molecular flexibility index (Phi) is 2.55. The first-order chi connectivity index (χ1) is 8.63. The predicted octanol–water partition coefficient (Wildman–Crippen LogP) is 2.12. The number of imidazole rings is 1. The van der Waals surface area contributed by atoms with Gasteiger partial charge in [-0.3, -0.25) is 0 Å². The lowest BCUT2D eigenvalue weighted by molar-refractivity contribution is 0.386. The van der Waals surface area contributed by atoms with E-state index < -0.39 is 0 Å². The van der Waals surface area contributed by atoms with E-state index in [1.807, 2.05) is 22.8 Å². The van der Waals surface area contributed by atoms with Gasteiger partial charge in [0.1, 0.15) is 0 Å². The molecule has 0 saturated heterocycles. The van der Waals surface area contributed by atoms with Crippen molar-refractivity contribution in [1.82, 2.24) is 19.7 Å². The molecule has 2 aromatic heterocycles. The van der Waals surface area contributed by atoms with E-state index in [1.165, 1.54) is 0 Å². The Morgan fingerprint density at radius 3 is 2.94 bits per heavy atom. The van der Waals surface area contributed by atoms with Crippen LogP contribution in [-0.2, 0) is 6.54 Å². The molecule has 0 unspecified atom stereocenters. The number of aryl methyl sites for hydroxylation is 1. The number of rotatable bonds is 2. The second-order valence-electron chi connectivity index (χ2n) is 3.92. The Hall–Kier alpha value is -1.89. The molecule has 18 heavy (non-hydrogen) atoms. The molecule has 0 atom stereocenters. The Balaban J connectivity index is 2.08. The number of fused-ring (bicyclic) bond motifs is 1. The third-order valence-corrected chi connectivity index (χ3v) is 3.10. The van der Waals surface area contributed by atoms with Crippen molar-refractivity contribution >= 4 is 32.9 Å². The number of hydrogen-bond acceptors (Lipinski definition) is 5. The van der Waals surface area contributed by atoms with E-state index in [2.05, 4.69) is 31.1 Å². The average Bonchev–Trinajstić information content (AvgIpc) is 2.84. The van der Waals surface area contributed by atoms with E-state index >= 15 is 0 Å². The molecule has 7 heteroatoms. The zero-order valence-electron chi connectivity index (χ0n) is 9.59. The molecule has 2 N–H and O–H groups in total. The van der Waals surface area contributed by atoms with Crippen molar-refractivity contribution < 1.29 is 4.52 Å². The van der Waals surface area contributed by atoms with Crippen molar-refractivity contribution in [3.63, 3.8) is 0 Å². The molecular formula is C11H10BrN5O. The van der Waals surface area contributed by atoms with Crippen molar-refractivity contribution in [1.29, 1.82) is 0 Å². The lowest BCUT2D eigenvalue weighted by atomic mass is 10.3. The number of anilines is 1. The molecular weight excluding hydrogens is 298 g/mol. The SMILES string of the molecule is Cc1nc(Cn2c(N)nc3cc(Br)ccc32)no1. The topological polar surface area (TPSA) is 82.8 Å². The molecule has 3 aromatic rings. The van der Waals surface area contributed by atoms with Crippen molar-refractivity contribution in [3.05, 3.63) is 34.4 Å². The standard InChI is InChI=1S/C11H10BrN5O/c1-6-14-10(16-18-6)5-17-9-3-2-7(12)4-8(9)15-11(17)13/h2-4H,5H2,1H3,(H2,13,15). The fraction of sp³-hybridized carbons (Fsp3) is 0.182. The molecule has 1 aromatic carbocycles. The fourth-order valence-electron chi connectivity index (χ4n) is 1.83. The number of halogens is 1. The summed E-state index contributed by atoms with van der Waals surface area (Å²) < 4.78 is 7.76. The van der Waals surface area contributed by atoms with Crippen LogP contribution in [0, 0.1) is 6.92 Å². The Morgan fingerprint density at radius 2 is 2.22 bits per heavy atom. The van der Waals surface area contributed by atoms with Crippen molar-refractivity contribution in [2.75, 3.05) is 5.73 Å². The van der Waals surface area contributed by atoms with Crippen LogP contribution in [0.1, 0.15) is 11.7 Å². The Morgan fingerprint density at radius 1 is 1.39 bits per heavy atom. The molecule has 3 rings (SSSR count). The monoisotopic (exact) mass is 307 g/mol. The first-order valence-electron chi connectivity index (χ1n) is 5.34. The number of nitrogens with two attached hydrogens (primary N) is 1. The van der Waals surface area contributed by atoms with E-state index in [1.54, 1.807) is 6.92 Å². The van der Waals surface area contributed by atoms with Gasteiger partial charge in [0.25, 0.3) is 0 Å². The summed E-state index contributed by atoms with van der Waals surface area (Å²) in [7, 11) is 0. The number of benzene rings is 1. The van der Waals surface area contributed by atoms with Crippen LogP contribution >= 0.6 is 15.9 Å². The molecule has 2 heterocycles. The number of hydrogen-bond donors (Lipinski definition) is 1. The second-order valence-corrected chi connectivity index (χ2v) is 4.83. The molecule has 0 spiro atoms. The largest absolute Gasteiger partial charge is 0.369 e. The normalized spacial score (nSPS) is 11.2. The highest BCUT2D eigenvalue weighted by molar-refractivity contribution is 9.10.